The molecule has 3 saturated heterocycles. The number of hydrogen-bond acceptors (Lipinski definition) is 13. The third-order valence-corrected chi connectivity index (χ3v) is 10.3. The summed E-state index contributed by atoms with van der Waals surface area (Å²) in [5.41, 5.74) is -0.0679. The average molecular weight is 737 g/mol. The van der Waals surface area contributed by atoms with Gasteiger partial charge in [-0.3, -0.25) is 9.59 Å². The molecule has 4 heterocycles. The van der Waals surface area contributed by atoms with Gasteiger partial charge in [-0.1, -0.05) is 64.7 Å². The van der Waals surface area contributed by atoms with E-state index in [1.54, 1.807) is 26.0 Å². The fourth-order valence-electron chi connectivity index (χ4n) is 7.42. The number of fused-ring (bicyclic) bond motifs is 6. The highest BCUT2D eigenvalue weighted by Gasteiger charge is 2.57. The van der Waals surface area contributed by atoms with E-state index in [4.69, 9.17) is 33.2 Å². The van der Waals surface area contributed by atoms with Crippen molar-refractivity contribution in [3.63, 3.8) is 0 Å². The SMILES string of the molecule is C=C1C[C@@H]2C[C@@H]3CCO[C@H](/C=C\C(C)(C)[C@]4(O)O[C@@H](C/C(=C\C(=O)OC)[C@@H]4OC(=O)CCCCCCC)C[C@H](CO)OC(=O)C[C@H](O)C[C@H](C1)O2)O3. The monoisotopic (exact) mass is 736 g/mol. The van der Waals surface area contributed by atoms with Crippen molar-refractivity contribution in [2.45, 2.75) is 165 Å². The molecule has 294 valence electrons. The Morgan fingerprint density at radius 2 is 1.73 bits per heavy atom. The smallest absolute Gasteiger partial charge is 0.330 e. The molecule has 3 fully saturated rings. The molecule has 52 heavy (non-hydrogen) atoms. The molecule has 9 atom stereocenters. The van der Waals surface area contributed by atoms with Crippen LogP contribution >= 0.6 is 0 Å². The molecule has 0 spiro atoms. The highest BCUT2D eigenvalue weighted by molar-refractivity contribution is 5.83. The van der Waals surface area contributed by atoms with Gasteiger partial charge in [-0.15, -0.1) is 0 Å². The molecule has 6 bridgehead atoms. The van der Waals surface area contributed by atoms with Crippen LogP contribution < -0.4 is 0 Å². The molecule has 13 nitrogen and oxygen atoms in total. The number of carbonyl (C=O) groups excluding carboxylic acids is 3. The molecule has 0 unspecified atom stereocenters. The van der Waals surface area contributed by atoms with Crippen molar-refractivity contribution in [2.75, 3.05) is 20.3 Å². The molecule has 0 aromatic carbocycles. The van der Waals surface area contributed by atoms with E-state index in [0.717, 1.165) is 31.3 Å². The Hall–Kier alpha value is -2.65. The van der Waals surface area contributed by atoms with Crippen LogP contribution in [0.4, 0.5) is 0 Å². The number of esters is 3. The Morgan fingerprint density at radius 3 is 2.44 bits per heavy atom. The number of hydrogen-bond donors (Lipinski definition) is 3. The van der Waals surface area contributed by atoms with Gasteiger partial charge in [0.15, 0.2) is 12.4 Å². The third-order valence-electron chi connectivity index (χ3n) is 10.3. The van der Waals surface area contributed by atoms with Crippen molar-refractivity contribution < 1.29 is 62.9 Å². The van der Waals surface area contributed by atoms with E-state index < -0.39 is 66.4 Å². The summed E-state index contributed by atoms with van der Waals surface area (Å²) in [6.45, 7) is 9.54. The van der Waals surface area contributed by atoms with Crippen LogP contribution in [0.3, 0.4) is 0 Å². The van der Waals surface area contributed by atoms with Gasteiger partial charge >= 0.3 is 17.9 Å². The van der Waals surface area contributed by atoms with Crippen molar-refractivity contribution in [3.8, 4) is 0 Å². The summed E-state index contributed by atoms with van der Waals surface area (Å²) in [5.74, 6) is -4.26. The summed E-state index contributed by atoms with van der Waals surface area (Å²) in [6, 6.07) is 0. The maximum atomic E-state index is 13.3. The van der Waals surface area contributed by atoms with E-state index in [1.807, 2.05) is 0 Å². The van der Waals surface area contributed by atoms with Gasteiger partial charge in [0.25, 0.3) is 0 Å². The van der Waals surface area contributed by atoms with Crippen LogP contribution in [0.25, 0.3) is 0 Å². The molecule has 0 aromatic rings. The number of methoxy groups -OCH3 is 1. The molecule has 13 heteroatoms. The largest absolute Gasteiger partial charge is 0.466 e. The second kappa shape index (κ2) is 19.6. The van der Waals surface area contributed by atoms with Gasteiger partial charge in [-0.25, -0.2) is 4.79 Å². The first-order chi connectivity index (χ1) is 24.7. The number of aliphatic hydroxyl groups is 3. The zero-order valence-corrected chi connectivity index (χ0v) is 31.3. The highest BCUT2D eigenvalue weighted by atomic mass is 16.7. The normalized spacial score (nSPS) is 35.9. The first-order valence-electron chi connectivity index (χ1n) is 18.9. The Labute approximate surface area is 307 Å². The summed E-state index contributed by atoms with van der Waals surface area (Å²) in [4.78, 5) is 38.9. The van der Waals surface area contributed by atoms with E-state index in [0.29, 0.717) is 38.7 Å². The van der Waals surface area contributed by atoms with E-state index >= 15 is 0 Å². The van der Waals surface area contributed by atoms with Gasteiger partial charge in [0.2, 0.25) is 5.79 Å². The summed E-state index contributed by atoms with van der Waals surface area (Å²) in [6.07, 6.45) is 5.44. The predicted molar refractivity (Wildman–Crippen MR) is 188 cm³/mol. The topological polar surface area (TPSA) is 177 Å². The number of carbonyl (C=O) groups is 3. The number of aliphatic hydroxyl groups excluding tert-OH is 2. The van der Waals surface area contributed by atoms with Crippen LogP contribution in [0.1, 0.15) is 111 Å². The Kier molecular flexibility index (Phi) is 15.9. The van der Waals surface area contributed by atoms with Gasteiger partial charge < -0.3 is 48.5 Å². The Balaban J connectivity index is 1.69. The fourth-order valence-corrected chi connectivity index (χ4v) is 7.42. The summed E-state index contributed by atoms with van der Waals surface area (Å²) in [7, 11) is 1.22. The molecular weight excluding hydrogens is 676 g/mol. The van der Waals surface area contributed by atoms with Crippen LogP contribution in [-0.4, -0.2) is 108 Å². The minimum absolute atomic E-state index is 0.0110. The molecule has 0 aromatic heterocycles. The van der Waals surface area contributed by atoms with E-state index in [-0.39, 0.29) is 56.0 Å². The minimum atomic E-state index is -2.26. The standard InChI is InChI=1S/C39H60O13/c1-6-7-8-9-10-11-33(42)51-37-26(19-34(43)46-5)18-31-23-32(24-40)49-35(44)21-27(41)20-29-16-25(2)17-30(48-29)22-28-13-15-47-36(50-28)12-14-38(3,4)39(37,45)52-31/h12,14,19,27-32,36-37,40-41,45H,2,6-11,13,15-18,20-24H2,1,3-5H3/b14-12-,26-19+/t27-,28+,29+,30-,31+,32-,36+,37+,39-/m1/s1. The summed E-state index contributed by atoms with van der Waals surface area (Å²) in [5, 5.41) is 33.7. The Morgan fingerprint density at radius 1 is 1.00 bits per heavy atom. The second-order valence-corrected chi connectivity index (χ2v) is 15.2. The maximum Gasteiger partial charge on any atom is 0.330 e. The van der Waals surface area contributed by atoms with Gasteiger partial charge in [-0.05, 0) is 43.8 Å². The van der Waals surface area contributed by atoms with E-state index in [1.165, 1.54) is 13.2 Å². The number of cyclic esters (lactones) is 1. The van der Waals surface area contributed by atoms with Crippen molar-refractivity contribution in [1.82, 2.24) is 0 Å². The number of unbranched alkanes of at least 4 members (excludes halogenated alkanes) is 4. The lowest BCUT2D eigenvalue weighted by molar-refractivity contribution is -0.327. The van der Waals surface area contributed by atoms with Crippen molar-refractivity contribution >= 4 is 17.9 Å². The third kappa shape index (κ3) is 11.9. The first-order valence-corrected chi connectivity index (χ1v) is 18.9. The van der Waals surface area contributed by atoms with E-state index in [2.05, 4.69) is 13.5 Å². The van der Waals surface area contributed by atoms with Crippen LogP contribution in [0.2, 0.25) is 0 Å². The first kappa shape index (κ1) is 42.1. The molecule has 0 amide bonds. The molecule has 3 N–H and O–H groups in total. The Bertz CT molecular complexity index is 1280. The van der Waals surface area contributed by atoms with Gasteiger partial charge in [0.05, 0.1) is 57.3 Å². The summed E-state index contributed by atoms with van der Waals surface area (Å²) >= 11 is 0. The molecule has 4 rings (SSSR count). The highest BCUT2D eigenvalue weighted by Crippen LogP contribution is 2.47. The zero-order chi connectivity index (χ0) is 37.9. The van der Waals surface area contributed by atoms with E-state index in [9.17, 15) is 29.7 Å². The second-order valence-electron chi connectivity index (χ2n) is 15.2. The lowest BCUT2D eigenvalue weighted by Gasteiger charge is -2.51. The number of ether oxygens (including phenoxy) is 7. The molecule has 0 aliphatic carbocycles. The minimum Gasteiger partial charge on any atom is -0.466 e. The van der Waals surface area contributed by atoms with Crippen LogP contribution in [0, 0.1) is 5.41 Å². The molecule has 4 aliphatic heterocycles. The van der Waals surface area contributed by atoms with Gasteiger partial charge in [0.1, 0.15) is 6.10 Å². The number of rotatable bonds is 9. The quantitative estimate of drug-likeness (QED) is 0.0993. The van der Waals surface area contributed by atoms with Gasteiger partial charge in [-0.2, -0.15) is 0 Å². The summed E-state index contributed by atoms with van der Waals surface area (Å²) < 4.78 is 41.5. The molecular formula is C39H60O13. The van der Waals surface area contributed by atoms with Crippen molar-refractivity contribution in [3.05, 3.63) is 36.0 Å². The maximum absolute atomic E-state index is 13.3. The zero-order valence-electron chi connectivity index (χ0n) is 31.3. The molecule has 0 saturated carbocycles. The van der Waals surface area contributed by atoms with Gasteiger partial charge in [0, 0.05) is 37.2 Å². The lowest BCUT2D eigenvalue weighted by atomic mass is 9.74. The molecule has 4 aliphatic rings. The van der Waals surface area contributed by atoms with Crippen LogP contribution in [0.5, 0.6) is 0 Å². The van der Waals surface area contributed by atoms with Crippen molar-refractivity contribution in [2.24, 2.45) is 5.41 Å². The van der Waals surface area contributed by atoms with Crippen LogP contribution in [-0.2, 0) is 47.5 Å². The predicted octanol–water partition coefficient (Wildman–Crippen LogP) is 4.49. The fraction of sp³-hybridized carbons (Fsp3) is 0.769. The molecule has 0 radical (unpaired) electrons. The average Bonchev–Trinajstić information content (AvgIpc) is 3.07. The lowest BCUT2D eigenvalue weighted by Crippen LogP contribution is -2.62. The van der Waals surface area contributed by atoms with Crippen LogP contribution in [0.15, 0.2) is 36.0 Å². The van der Waals surface area contributed by atoms with Crippen molar-refractivity contribution in [1.29, 1.82) is 0 Å².